The van der Waals surface area contributed by atoms with Gasteiger partial charge in [0.15, 0.2) is 5.69 Å². The van der Waals surface area contributed by atoms with Gasteiger partial charge >= 0.3 is 0 Å². The lowest BCUT2D eigenvalue weighted by Crippen LogP contribution is -2.49. The van der Waals surface area contributed by atoms with Crippen molar-refractivity contribution in [2.45, 2.75) is 12.8 Å². The summed E-state index contributed by atoms with van der Waals surface area (Å²) in [6.45, 7) is 9.22. The third-order valence-corrected chi connectivity index (χ3v) is 5.15. The van der Waals surface area contributed by atoms with Gasteiger partial charge in [-0.25, -0.2) is 0 Å². The second-order valence-electron chi connectivity index (χ2n) is 7.04. The van der Waals surface area contributed by atoms with Crippen LogP contribution in [0.15, 0.2) is 36.5 Å². The molecule has 1 saturated heterocycles. The van der Waals surface area contributed by atoms with Crippen LogP contribution in [-0.4, -0.2) is 65.2 Å². The van der Waals surface area contributed by atoms with Gasteiger partial charge in [0, 0.05) is 43.8 Å². The first kappa shape index (κ1) is 16.1. The fourth-order valence-corrected chi connectivity index (χ4v) is 3.36. The van der Waals surface area contributed by atoms with E-state index in [4.69, 9.17) is 0 Å². The molecule has 1 aliphatic heterocycles. The van der Waals surface area contributed by atoms with Crippen LogP contribution in [0.5, 0.6) is 0 Å². The molecule has 4 rings (SSSR count). The van der Waals surface area contributed by atoms with Crippen LogP contribution in [0, 0.1) is 5.92 Å². The molecule has 0 unspecified atom stereocenters. The zero-order valence-corrected chi connectivity index (χ0v) is 14.5. The first-order valence-electron chi connectivity index (χ1n) is 9.08. The highest BCUT2D eigenvalue weighted by atomic mass is 16.2. The van der Waals surface area contributed by atoms with Crippen molar-refractivity contribution in [1.29, 1.82) is 0 Å². The Morgan fingerprint density at radius 2 is 1.92 bits per heavy atom. The van der Waals surface area contributed by atoms with Gasteiger partial charge in [0.05, 0.1) is 5.52 Å². The number of rotatable bonds is 6. The number of H-pyrrole nitrogens is 1. The molecule has 1 aliphatic carbocycles. The van der Waals surface area contributed by atoms with E-state index in [9.17, 15) is 4.79 Å². The second kappa shape index (κ2) is 6.88. The standard InChI is InChI=1S/C19H25N5O/c1-14(12-20-13-15-6-7-15)23-8-10-24(11-9-23)19(25)18-16-4-2-3-5-17(16)21-22-18/h2-5,15,20H,1,6-13H2,(H,21,22). The van der Waals surface area contributed by atoms with E-state index >= 15 is 0 Å². The molecule has 25 heavy (non-hydrogen) atoms. The van der Waals surface area contributed by atoms with Crippen molar-refractivity contribution in [1.82, 2.24) is 25.3 Å². The summed E-state index contributed by atoms with van der Waals surface area (Å²) >= 11 is 0. The number of fused-ring (bicyclic) bond motifs is 1. The third kappa shape index (κ3) is 3.54. The molecule has 2 aliphatic rings. The van der Waals surface area contributed by atoms with Gasteiger partial charge in [0.25, 0.3) is 5.91 Å². The number of aromatic nitrogens is 2. The smallest absolute Gasteiger partial charge is 0.275 e. The summed E-state index contributed by atoms with van der Waals surface area (Å²) in [7, 11) is 0. The number of nitrogens with one attached hydrogen (secondary N) is 2. The predicted molar refractivity (Wildman–Crippen MR) is 98.3 cm³/mol. The molecule has 0 spiro atoms. The summed E-state index contributed by atoms with van der Waals surface area (Å²) in [6.07, 6.45) is 2.73. The summed E-state index contributed by atoms with van der Waals surface area (Å²) in [4.78, 5) is 17.0. The highest BCUT2D eigenvalue weighted by Gasteiger charge is 2.26. The van der Waals surface area contributed by atoms with Gasteiger partial charge in [0.1, 0.15) is 0 Å². The maximum atomic E-state index is 12.8. The third-order valence-electron chi connectivity index (χ3n) is 5.15. The average molecular weight is 339 g/mol. The van der Waals surface area contributed by atoms with Crippen LogP contribution < -0.4 is 5.32 Å². The number of carbonyl (C=O) groups is 1. The van der Waals surface area contributed by atoms with E-state index in [1.807, 2.05) is 29.2 Å². The highest BCUT2D eigenvalue weighted by molar-refractivity contribution is 6.04. The summed E-state index contributed by atoms with van der Waals surface area (Å²) in [5, 5.41) is 11.5. The van der Waals surface area contributed by atoms with Gasteiger partial charge in [-0.05, 0) is 31.4 Å². The van der Waals surface area contributed by atoms with Gasteiger partial charge in [0.2, 0.25) is 0 Å². The van der Waals surface area contributed by atoms with Crippen molar-refractivity contribution in [2.75, 3.05) is 39.3 Å². The molecule has 132 valence electrons. The summed E-state index contributed by atoms with van der Waals surface area (Å²) in [5.74, 6) is 0.889. The molecule has 2 N–H and O–H groups in total. The largest absolute Gasteiger partial charge is 0.371 e. The molecule has 0 radical (unpaired) electrons. The zero-order chi connectivity index (χ0) is 17.2. The number of aromatic amines is 1. The normalized spacial score (nSPS) is 17.9. The van der Waals surface area contributed by atoms with E-state index in [0.29, 0.717) is 18.8 Å². The van der Waals surface area contributed by atoms with E-state index in [-0.39, 0.29) is 5.91 Å². The Morgan fingerprint density at radius 1 is 1.20 bits per heavy atom. The van der Waals surface area contributed by atoms with Crippen LogP contribution in [0.2, 0.25) is 0 Å². The molecule has 2 aromatic rings. The molecule has 1 aromatic carbocycles. The van der Waals surface area contributed by atoms with Crippen molar-refractivity contribution in [3.8, 4) is 0 Å². The van der Waals surface area contributed by atoms with Crippen LogP contribution >= 0.6 is 0 Å². The minimum absolute atomic E-state index is 0.00886. The monoisotopic (exact) mass is 339 g/mol. The molecular weight excluding hydrogens is 314 g/mol. The molecule has 1 saturated carbocycles. The number of benzene rings is 1. The number of hydrogen-bond acceptors (Lipinski definition) is 4. The second-order valence-corrected chi connectivity index (χ2v) is 7.04. The molecule has 2 fully saturated rings. The van der Waals surface area contributed by atoms with Gasteiger partial charge in [-0.1, -0.05) is 24.8 Å². The van der Waals surface area contributed by atoms with Crippen LogP contribution in [-0.2, 0) is 0 Å². The van der Waals surface area contributed by atoms with E-state index in [2.05, 4.69) is 27.0 Å². The minimum atomic E-state index is 0.00886. The number of para-hydroxylation sites is 1. The van der Waals surface area contributed by atoms with Crippen LogP contribution in [0.1, 0.15) is 23.3 Å². The molecule has 6 nitrogen and oxygen atoms in total. The number of nitrogens with zero attached hydrogens (tertiary/aromatic N) is 3. The van der Waals surface area contributed by atoms with Crippen LogP contribution in [0.3, 0.4) is 0 Å². The van der Waals surface area contributed by atoms with E-state index in [0.717, 1.165) is 48.7 Å². The van der Waals surface area contributed by atoms with Crippen LogP contribution in [0.25, 0.3) is 10.9 Å². The lowest BCUT2D eigenvalue weighted by atomic mass is 10.2. The van der Waals surface area contributed by atoms with Crippen molar-refractivity contribution in [2.24, 2.45) is 5.92 Å². The number of piperazine rings is 1. The van der Waals surface area contributed by atoms with E-state index in [1.165, 1.54) is 12.8 Å². The van der Waals surface area contributed by atoms with E-state index < -0.39 is 0 Å². The quantitative estimate of drug-likeness (QED) is 0.843. The van der Waals surface area contributed by atoms with E-state index in [1.54, 1.807) is 0 Å². The Kier molecular flexibility index (Phi) is 4.44. The van der Waals surface area contributed by atoms with Gasteiger partial charge in [-0.3, -0.25) is 9.89 Å². The lowest BCUT2D eigenvalue weighted by Gasteiger charge is -2.37. The molecule has 6 heteroatoms. The Balaban J connectivity index is 1.31. The summed E-state index contributed by atoms with van der Waals surface area (Å²) in [5.41, 5.74) is 2.55. The molecule has 1 aromatic heterocycles. The number of carbonyl (C=O) groups excluding carboxylic acids is 1. The first-order chi connectivity index (χ1) is 12.2. The topological polar surface area (TPSA) is 64.3 Å². The zero-order valence-electron chi connectivity index (χ0n) is 14.5. The number of amides is 1. The Labute approximate surface area is 147 Å². The van der Waals surface area contributed by atoms with Crippen molar-refractivity contribution >= 4 is 16.8 Å². The highest BCUT2D eigenvalue weighted by Crippen LogP contribution is 2.27. The Hall–Kier alpha value is -2.34. The van der Waals surface area contributed by atoms with Gasteiger partial charge in [-0.15, -0.1) is 0 Å². The molecule has 2 heterocycles. The van der Waals surface area contributed by atoms with Gasteiger partial charge < -0.3 is 15.1 Å². The summed E-state index contributed by atoms with van der Waals surface area (Å²) < 4.78 is 0. The van der Waals surface area contributed by atoms with Crippen molar-refractivity contribution < 1.29 is 4.79 Å². The average Bonchev–Trinajstić information content (AvgIpc) is 3.37. The first-order valence-corrected chi connectivity index (χ1v) is 9.08. The van der Waals surface area contributed by atoms with Crippen molar-refractivity contribution in [3.63, 3.8) is 0 Å². The maximum Gasteiger partial charge on any atom is 0.275 e. The fraction of sp³-hybridized carbons (Fsp3) is 0.474. The molecular formula is C19H25N5O. The van der Waals surface area contributed by atoms with Gasteiger partial charge in [-0.2, -0.15) is 5.10 Å². The summed E-state index contributed by atoms with van der Waals surface area (Å²) in [6, 6.07) is 7.76. The fourth-order valence-electron chi connectivity index (χ4n) is 3.36. The Morgan fingerprint density at radius 3 is 2.68 bits per heavy atom. The Bertz CT molecular complexity index is 771. The molecule has 1 amide bonds. The SMILES string of the molecule is C=C(CNCC1CC1)N1CCN(C(=O)c2n[nH]c3ccccc23)CC1. The lowest BCUT2D eigenvalue weighted by molar-refractivity contribution is 0.0664. The van der Waals surface area contributed by atoms with Crippen molar-refractivity contribution in [3.05, 3.63) is 42.2 Å². The maximum absolute atomic E-state index is 12.8. The molecule has 0 atom stereocenters. The predicted octanol–water partition coefficient (Wildman–Crippen LogP) is 1.83. The number of hydrogen-bond donors (Lipinski definition) is 2. The molecule has 0 bridgehead atoms. The minimum Gasteiger partial charge on any atom is -0.371 e. The van der Waals surface area contributed by atoms with Crippen LogP contribution in [0.4, 0.5) is 0 Å².